The van der Waals surface area contributed by atoms with E-state index in [0.717, 1.165) is 35.4 Å². The van der Waals surface area contributed by atoms with Gasteiger partial charge in [-0.1, -0.05) is 23.8 Å². The number of benzene rings is 2. The van der Waals surface area contributed by atoms with E-state index in [1.807, 2.05) is 43.3 Å². The van der Waals surface area contributed by atoms with Crippen molar-refractivity contribution in [3.05, 3.63) is 64.0 Å². The summed E-state index contributed by atoms with van der Waals surface area (Å²) in [5, 5.41) is 3.58. The molecule has 4 rings (SSSR count). The minimum absolute atomic E-state index is 0.128. The van der Waals surface area contributed by atoms with E-state index in [2.05, 4.69) is 16.4 Å². The molecule has 0 unspecified atom stereocenters. The SMILES string of the molecule is COc1ccc2c(c1)-c1nc(NC(=O)c3ccc(C)cc3)sc1CC2. The summed E-state index contributed by atoms with van der Waals surface area (Å²) in [6.45, 7) is 2.00. The summed E-state index contributed by atoms with van der Waals surface area (Å²) in [5.41, 5.74) is 5.11. The largest absolute Gasteiger partial charge is 0.497 e. The molecule has 5 heteroatoms. The molecule has 1 amide bonds. The summed E-state index contributed by atoms with van der Waals surface area (Å²) >= 11 is 1.55. The summed E-state index contributed by atoms with van der Waals surface area (Å²) in [6.07, 6.45) is 1.94. The number of ether oxygens (including phenoxy) is 1. The van der Waals surface area contributed by atoms with Crippen LogP contribution in [0, 0.1) is 6.92 Å². The standard InChI is InChI=1S/C20H18N2O2S/c1-12-3-5-14(6-4-12)19(23)22-20-21-18-16-11-15(24-2)9-7-13(16)8-10-17(18)25-20/h3-7,9,11H,8,10H2,1-2H3,(H,21,22,23). The van der Waals surface area contributed by atoms with Crippen molar-refractivity contribution in [2.75, 3.05) is 12.4 Å². The quantitative estimate of drug-likeness (QED) is 0.758. The van der Waals surface area contributed by atoms with E-state index in [1.54, 1.807) is 18.4 Å². The second-order valence-corrected chi connectivity index (χ2v) is 7.22. The first-order valence-electron chi connectivity index (χ1n) is 8.19. The Balaban J connectivity index is 1.63. The van der Waals surface area contributed by atoms with E-state index in [1.165, 1.54) is 10.4 Å². The highest BCUT2D eigenvalue weighted by atomic mass is 32.1. The highest BCUT2D eigenvalue weighted by Gasteiger charge is 2.22. The maximum absolute atomic E-state index is 12.4. The van der Waals surface area contributed by atoms with E-state index in [4.69, 9.17) is 4.74 Å². The van der Waals surface area contributed by atoms with Gasteiger partial charge < -0.3 is 4.74 Å². The fraction of sp³-hybridized carbons (Fsp3) is 0.200. The van der Waals surface area contributed by atoms with Gasteiger partial charge in [-0.15, -0.1) is 11.3 Å². The van der Waals surface area contributed by atoms with Crippen LogP contribution >= 0.6 is 11.3 Å². The number of thiazole rings is 1. The molecule has 1 aliphatic carbocycles. The van der Waals surface area contributed by atoms with Crippen LogP contribution in [0.25, 0.3) is 11.3 Å². The number of anilines is 1. The summed E-state index contributed by atoms with van der Waals surface area (Å²) in [7, 11) is 1.67. The van der Waals surface area contributed by atoms with Gasteiger partial charge in [-0.05, 0) is 49.6 Å². The van der Waals surface area contributed by atoms with E-state index in [-0.39, 0.29) is 5.91 Å². The number of methoxy groups -OCH3 is 1. The van der Waals surface area contributed by atoms with Gasteiger partial charge in [-0.2, -0.15) is 0 Å². The van der Waals surface area contributed by atoms with Gasteiger partial charge in [0.25, 0.3) is 5.91 Å². The van der Waals surface area contributed by atoms with E-state index >= 15 is 0 Å². The number of fused-ring (bicyclic) bond motifs is 3. The number of aryl methyl sites for hydroxylation is 3. The van der Waals surface area contributed by atoms with Crippen LogP contribution in [0.1, 0.15) is 26.4 Å². The molecular formula is C20H18N2O2S. The molecule has 0 radical (unpaired) electrons. The summed E-state index contributed by atoms with van der Waals surface area (Å²) in [6, 6.07) is 13.6. The molecule has 0 saturated carbocycles. The normalized spacial score (nSPS) is 12.2. The number of rotatable bonds is 3. The number of aromatic nitrogens is 1. The van der Waals surface area contributed by atoms with Crippen molar-refractivity contribution in [1.82, 2.24) is 4.98 Å². The molecule has 25 heavy (non-hydrogen) atoms. The molecule has 4 nitrogen and oxygen atoms in total. The average Bonchev–Trinajstić information content (AvgIpc) is 3.04. The third-order valence-corrected chi connectivity index (χ3v) is 5.46. The lowest BCUT2D eigenvalue weighted by molar-refractivity contribution is 0.102. The average molecular weight is 350 g/mol. The Labute approximate surface area is 150 Å². The predicted octanol–water partition coefficient (Wildman–Crippen LogP) is 4.48. The molecule has 2 aromatic carbocycles. The lowest BCUT2D eigenvalue weighted by Crippen LogP contribution is -2.11. The molecule has 0 fully saturated rings. The first-order valence-corrected chi connectivity index (χ1v) is 9.00. The topological polar surface area (TPSA) is 51.2 Å². The second-order valence-electron chi connectivity index (χ2n) is 6.13. The fourth-order valence-corrected chi connectivity index (χ4v) is 4.00. The Hall–Kier alpha value is -2.66. The zero-order valence-corrected chi connectivity index (χ0v) is 14.9. The zero-order chi connectivity index (χ0) is 17.4. The third-order valence-electron chi connectivity index (χ3n) is 4.43. The van der Waals surface area contributed by atoms with Gasteiger partial charge in [0.1, 0.15) is 5.75 Å². The van der Waals surface area contributed by atoms with Crippen LogP contribution < -0.4 is 10.1 Å². The van der Waals surface area contributed by atoms with Crippen molar-refractivity contribution in [3.63, 3.8) is 0 Å². The predicted molar refractivity (Wildman–Crippen MR) is 101 cm³/mol. The van der Waals surface area contributed by atoms with E-state index in [0.29, 0.717) is 10.7 Å². The number of hydrogen-bond acceptors (Lipinski definition) is 4. The Morgan fingerprint density at radius 3 is 2.72 bits per heavy atom. The summed E-state index contributed by atoms with van der Waals surface area (Å²) in [4.78, 5) is 18.3. The fourth-order valence-electron chi connectivity index (χ4n) is 3.03. The molecule has 0 bridgehead atoms. The Kier molecular flexibility index (Phi) is 4.01. The Bertz CT molecular complexity index is 945. The van der Waals surface area contributed by atoms with Crippen LogP contribution in [0.15, 0.2) is 42.5 Å². The van der Waals surface area contributed by atoms with Crippen LogP contribution in [0.5, 0.6) is 5.75 Å². The molecule has 0 saturated heterocycles. The van der Waals surface area contributed by atoms with Crippen molar-refractivity contribution in [2.45, 2.75) is 19.8 Å². The maximum Gasteiger partial charge on any atom is 0.257 e. The van der Waals surface area contributed by atoms with Crippen LogP contribution in [-0.4, -0.2) is 18.0 Å². The lowest BCUT2D eigenvalue weighted by atomic mass is 9.93. The molecule has 1 aromatic heterocycles. The van der Waals surface area contributed by atoms with Crippen LogP contribution in [0.2, 0.25) is 0 Å². The van der Waals surface area contributed by atoms with Crippen LogP contribution in [-0.2, 0) is 12.8 Å². The lowest BCUT2D eigenvalue weighted by Gasteiger charge is -2.15. The van der Waals surface area contributed by atoms with E-state index < -0.39 is 0 Å². The van der Waals surface area contributed by atoms with Gasteiger partial charge >= 0.3 is 0 Å². The van der Waals surface area contributed by atoms with Crippen LogP contribution in [0.4, 0.5) is 5.13 Å². The monoisotopic (exact) mass is 350 g/mol. The molecule has 126 valence electrons. The number of amides is 1. The minimum atomic E-state index is -0.128. The van der Waals surface area contributed by atoms with Gasteiger partial charge in [-0.3, -0.25) is 10.1 Å². The maximum atomic E-state index is 12.4. The zero-order valence-electron chi connectivity index (χ0n) is 14.1. The van der Waals surface area contributed by atoms with Crippen molar-refractivity contribution < 1.29 is 9.53 Å². The Morgan fingerprint density at radius 1 is 1.16 bits per heavy atom. The molecule has 1 N–H and O–H groups in total. The minimum Gasteiger partial charge on any atom is -0.497 e. The number of carbonyl (C=O) groups is 1. The molecule has 1 heterocycles. The molecule has 3 aromatic rings. The van der Waals surface area contributed by atoms with Crippen molar-refractivity contribution in [2.24, 2.45) is 0 Å². The van der Waals surface area contributed by atoms with Gasteiger partial charge in [-0.25, -0.2) is 4.98 Å². The number of nitrogens with zero attached hydrogens (tertiary/aromatic N) is 1. The first-order chi connectivity index (χ1) is 12.1. The van der Waals surface area contributed by atoms with Gasteiger partial charge in [0.2, 0.25) is 0 Å². The van der Waals surface area contributed by atoms with Crippen molar-refractivity contribution >= 4 is 22.4 Å². The highest BCUT2D eigenvalue weighted by molar-refractivity contribution is 7.16. The number of nitrogens with one attached hydrogen (secondary N) is 1. The van der Waals surface area contributed by atoms with Gasteiger partial charge in [0.05, 0.1) is 12.8 Å². The highest BCUT2D eigenvalue weighted by Crippen LogP contribution is 2.39. The third kappa shape index (κ3) is 3.03. The van der Waals surface area contributed by atoms with Crippen molar-refractivity contribution in [1.29, 1.82) is 0 Å². The molecule has 1 aliphatic rings. The first kappa shape index (κ1) is 15.8. The second kappa shape index (κ2) is 6.33. The molecule has 0 spiro atoms. The smallest absolute Gasteiger partial charge is 0.257 e. The van der Waals surface area contributed by atoms with Gasteiger partial charge in [0, 0.05) is 16.0 Å². The molecule has 0 atom stereocenters. The number of hydrogen-bond donors (Lipinski definition) is 1. The summed E-state index contributed by atoms with van der Waals surface area (Å²) in [5.74, 6) is 0.696. The molecular weight excluding hydrogens is 332 g/mol. The van der Waals surface area contributed by atoms with Crippen molar-refractivity contribution in [3.8, 4) is 17.0 Å². The van der Waals surface area contributed by atoms with Crippen LogP contribution in [0.3, 0.4) is 0 Å². The molecule has 0 aliphatic heterocycles. The van der Waals surface area contributed by atoms with E-state index in [9.17, 15) is 4.79 Å². The Morgan fingerprint density at radius 2 is 1.96 bits per heavy atom. The summed E-state index contributed by atoms with van der Waals surface area (Å²) < 4.78 is 5.34. The number of carbonyl (C=O) groups excluding carboxylic acids is 1. The van der Waals surface area contributed by atoms with Gasteiger partial charge in [0.15, 0.2) is 5.13 Å².